The number of thioether (sulfide) groups is 1. The summed E-state index contributed by atoms with van der Waals surface area (Å²) in [6.45, 7) is 0. The number of hydrogen-bond donors (Lipinski definition) is 1. The van der Waals surface area contributed by atoms with E-state index < -0.39 is 23.4 Å². The summed E-state index contributed by atoms with van der Waals surface area (Å²) in [5.74, 6) is -0.648. The molecule has 164 valence electrons. The Morgan fingerprint density at radius 2 is 1.66 bits per heavy atom. The van der Waals surface area contributed by atoms with E-state index in [2.05, 4.69) is 37.2 Å². The third-order valence-corrected chi connectivity index (χ3v) is 7.10. The monoisotopic (exact) mass is 576 g/mol. The summed E-state index contributed by atoms with van der Waals surface area (Å²) >= 11 is 7.94. The van der Waals surface area contributed by atoms with Crippen molar-refractivity contribution in [1.29, 1.82) is 0 Å². The first-order valence-electron chi connectivity index (χ1n) is 9.71. The lowest BCUT2D eigenvalue weighted by molar-refractivity contribution is -0.147. The Hall–Kier alpha value is -2.36. The molecule has 0 saturated carbocycles. The highest BCUT2D eigenvalue weighted by molar-refractivity contribution is 9.28. The number of ether oxygens (including phenoxy) is 1. The number of esters is 1. The molecule has 4 rings (SSSR count). The number of fused-ring (bicyclic) bond motifs is 1. The van der Waals surface area contributed by atoms with Crippen molar-refractivity contribution in [2.75, 3.05) is 0 Å². The fourth-order valence-electron chi connectivity index (χ4n) is 3.63. The minimum absolute atomic E-state index is 0.218. The Labute approximate surface area is 206 Å². The molecule has 0 aliphatic carbocycles. The number of benzene rings is 2. The van der Waals surface area contributed by atoms with Crippen LogP contribution >= 0.6 is 43.6 Å². The summed E-state index contributed by atoms with van der Waals surface area (Å²) in [6.07, 6.45) is 3.29. The first kappa shape index (κ1) is 22.8. The lowest BCUT2D eigenvalue weighted by Crippen LogP contribution is -2.68. The van der Waals surface area contributed by atoms with Crippen molar-refractivity contribution in [2.24, 2.45) is 0 Å². The van der Waals surface area contributed by atoms with Gasteiger partial charge in [-0.1, -0.05) is 60.7 Å². The van der Waals surface area contributed by atoms with Gasteiger partial charge in [-0.2, -0.15) is 0 Å². The second-order valence-electron chi connectivity index (χ2n) is 7.12. The molecule has 2 unspecified atom stereocenters. The SMILES string of the molecule is O=CNC1C(=O)N2C=C(C=C(Br)Br)C(C(=O)OC(c3ccccc3)c3ccccc3)S[C@H]12. The molecule has 1 N–H and O–H groups in total. The van der Waals surface area contributed by atoms with Crippen LogP contribution in [0.5, 0.6) is 0 Å². The Morgan fingerprint density at radius 1 is 1.06 bits per heavy atom. The Bertz CT molecular complexity index is 1030. The molecule has 2 aliphatic rings. The maximum Gasteiger partial charge on any atom is 0.324 e. The predicted molar refractivity (Wildman–Crippen MR) is 130 cm³/mol. The number of amides is 2. The minimum atomic E-state index is -0.680. The topological polar surface area (TPSA) is 75.7 Å². The van der Waals surface area contributed by atoms with Crippen LogP contribution < -0.4 is 5.32 Å². The van der Waals surface area contributed by atoms with Gasteiger partial charge < -0.3 is 15.0 Å². The van der Waals surface area contributed by atoms with Gasteiger partial charge in [-0.15, -0.1) is 11.8 Å². The lowest BCUT2D eigenvalue weighted by Gasteiger charge is -2.48. The quantitative estimate of drug-likeness (QED) is 0.303. The third-order valence-electron chi connectivity index (χ3n) is 5.12. The molecular formula is C23H18Br2N2O4S. The van der Waals surface area contributed by atoms with E-state index in [4.69, 9.17) is 4.74 Å². The number of hydrogen-bond acceptors (Lipinski definition) is 5. The zero-order valence-electron chi connectivity index (χ0n) is 16.6. The van der Waals surface area contributed by atoms with E-state index in [9.17, 15) is 14.4 Å². The van der Waals surface area contributed by atoms with Crippen LogP contribution in [0.15, 0.2) is 81.9 Å². The van der Waals surface area contributed by atoms with E-state index in [1.54, 1.807) is 12.3 Å². The van der Waals surface area contributed by atoms with Crippen LogP contribution in [-0.4, -0.2) is 39.9 Å². The molecule has 2 aromatic rings. The van der Waals surface area contributed by atoms with E-state index in [-0.39, 0.29) is 11.3 Å². The number of carbonyl (C=O) groups excluding carboxylic acids is 3. The van der Waals surface area contributed by atoms with Crippen LogP contribution in [0.2, 0.25) is 0 Å². The first-order valence-corrected chi connectivity index (χ1v) is 12.2. The number of allylic oxidation sites excluding steroid dienone is 1. The largest absolute Gasteiger partial charge is 0.451 e. The molecule has 0 aromatic heterocycles. The van der Waals surface area contributed by atoms with Crippen molar-refractivity contribution in [3.8, 4) is 0 Å². The summed E-state index contributed by atoms with van der Waals surface area (Å²) in [4.78, 5) is 38.2. The van der Waals surface area contributed by atoms with Crippen molar-refractivity contribution in [1.82, 2.24) is 10.2 Å². The zero-order valence-corrected chi connectivity index (χ0v) is 20.5. The number of carbonyl (C=O) groups is 3. The number of nitrogens with zero attached hydrogens (tertiary/aromatic N) is 1. The summed E-state index contributed by atoms with van der Waals surface area (Å²) in [7, 11) is 0. The van der Waals surface area contributed by atoms with Gasteiger partial charge in [0.05, 0.1) is 3.39 Å². The van der Waals surface area contributed by atoms with E-state index in [0.29, 0.717) is 15.4 Å². The van der Waals surface area contributed by atoms with Gasteiger partial charge in [0.1, 0.15) is 16.7 Å². The number of β-lactam (4-membered cyclic amide) rings is 1. The summed E-state index contributed by atoms with van der Waals surface area (Å²) in [5, 5.41) is 1.48. The van der Waals surface area contributed by atoms with Gasteiger partial charge in [0, 0.05) is 6.20 Å². The highest BCUT2D eigenvalue weighted by Crippen LogP contribution is 2.43. The Balaban J connectivity index is 1.64. The van der Waals surface area contributed by atoms with E-state index in [1.165, 1.54) is 16.7 Å². The summed E-state index contributed by atoms with van der Waals surface area (Å²) in [6, 6.07) is 18.4. The van der Waals surface area contributed by atoms with Crippen LogP contribution in [0.25, 0.3) is 0 Å². The maximum atomic E-state index is 13.4. The fraction of sp³-hybridized carbons (Fsp3) is 0.174. The molecule has 6 nitrogen and oxygen atoms in total. The normalized spacial score (nSPS) is 21.7. The van der Waals surface area contributed by atoms with Gasteiger partial charge in [0.25, 0.3) is 5.91 Å². The second-order valence-corrected chi connectivity index (χ2v) is 11.1. The smallest absolute Gasteiger partial charge is 0.324 e. The molecule has 2 amide bonds. The van der Waals surface area contributed by atoms with Crippen LogP contribution in [0.1, 0.15) is 17.2 Å². The molecular weight excluding hydrogens is 560 g/mol. The van der Waals surface area contributed by atoms with Gasteiger partial charge in [-0.05, 0) is 54.6 Å². The molecule has 3 atom stereocenters. The van der Waals surface area contributed by atoms with Crippen LogP contribution in [0.4, 0.5) is 0 Å². The molecule has 0 radical (unpaired) electrons. The Kier molecular flexibility index (Phi) is 7.17. The standard InChI is InChI=1S/C23H18Br2N2O4S/c24-17(25)11-16-12-27-21(29)18(26-13-28)22(27)32-20(16)23(30)31-19(14-7-3-1-4-8-14)15-9-5-2-6-10-15/h1-13,18-20,22H,(H,26,28)/t18?,20?,22-/m1/s1. The molecule has 32 heavy (non-hydrogen) atoms. The fourth-order valence-corrected chi connectivity index (χ4v) is 5.54. The molecule has 2 heterocycles. The van der Waals surface area contributed by atoms with E-state index >= 15 is 0 Å². The van der Waals surface area contributed by atoms with Crippen molar-refractivity contribution >= 4 is 61.9 Å². The van der Waals surface area contributed by atoms with Gasteiger partial charge in [-0.3, -0.25) is 14.4 Å². The predicted octanol–water partition coefficient (Wildman–Crippen LogP) is 4.23. The summed E-state index contributed by atoms with van der Waals surface area (Å²) in [5.41, 5.74) is 2.32. The molecule has 0 bridgehead atoms. The van der Waals surface area contributed by atoms with Gasteiger partial charge in [-0.25, -0.2) is 0 Å². The number of rotatable bonds is 7. The van der Waals surface area contributed by atoms with Gasteiger partial charge >= 0.3 is 5.97 Å². The van der Waals surface area contributed by atoms with Gasteiger partial charge in [0.2, 0.25) is 6.41 Å². The molecule has 2 aliphatic heterocycles. The summed E-state index contributed by atoms with van der Waals surface area (Å²) < 4.78 is 6.68. The number of halogens is 2. The van der Waals surface area contributed by atoms with Crippen molar-refractivity contribution in [3.63, 3.8) is 0 Å². The molecule has 0 spiro atoms. The minimum Gasteiger partial charge on any atom is -0.451 e. The van der Waals surface area contributed by atoms with Crippen LogP contribution in [0, 0.1) is 0 Å². The van der Waals surface area contributed by atoms with Gasteiger partial charge in [0.15, 0.2) is 6.10 Å². The molecule has 9 heteroatoms. The third kappa shape index (κ3) is 4.69. The average Bonchev–Trinajstić information content (AvgIpc) is 2.81. The maximum absolute atomic E-state index is 13.4. The Morgan fingerprint density at radius 3 is 2.19 bits per heavy atom. The highest BCUT2D eigenvalue weighted by atomic mass is 79.9. The first-order chi connectivity index (χ1) is 15.5. The van der Waals surface area contributed by atoms with E-state index in [1.807, 2.05) is 60.7 Å². The van der Waals surface area contributed by atoms with Crippen LogP contribution in [-0.2, 0) is 19.1 Å². The average molecular weight is 578 g/mol. The zero-order chi connectivity index (χ0) is 22.7. The number of nitrogens with one attached hydrogen (secondary N) is 1. The lowest BCUT2D eigenvalue weighted by atomic mass is 10.0. The van der Waals surface area contributed by atoms with Crippen molar-refractivity contribution in [2.45, 2.75) is 22.8 Å². The van der Waals surface area contributed by atoms with Crippen molar-refractivity contribution in [3.05, 3.63) is 93.0 Å². The second kappa shape index (κ2) is 10.1. The highest BCUT2D eigenvalue weighted by Gasteiger charge is 2.52. The van der Waals surface area contributed by atoms with E-state index in [0.717, 1.165) is 11.1 Å². The molecule has 1 fully saturated rings. The molecule has 2 aromatic carbocycles. The van der Waals surface area contributed by atoms with Crippen LogP contribution in [0.3, 0.4) is 0 Å². The molecule has 1 saturated heterocycles. The van der Waals surface area contributed by atoms with Crippen molar-refractivity contribution < 1.29 is 19.1 Å².